The van der Waals surface area contributed by atoms with E-state index in [1.807, 2.05) is 23.1 Å². The second-order valence-corrected chi connectivity index (χ2v) is 8.98. The molecule has 1 saturated heterocycles. The van der Waals surface area contributed by atoms with Crippen molar-refractivity contribution in [3.05, 3.63) is 47.0 Å². The Hall–Kier alpha value is -1.90. The van der Waals surface area contributed by atoms with Gasteiger partial charge in [0.2, 0.25) is 5.91 Å². The minimum absolute atomic E-state index is 0.0727. The Morgan fingerprint density at radius 2 is 2.21 bits per heavy atom. The largest absolute Gasteiger partial charge is 0.476 e. The van der Waals surface area contributed by atoms with Crippen LogP contribution in [0.5, 0.6) is 0 Å². The highest BCUT2D eigenvalue weighted by atomic mass is 32.2. The van der Waals surface area contributed by atoms with Crippen LogP contribution in [0, 0.1) is 0 Å². The molecular formula is C20H24N2O4S2. The van der Waals surface area contributed by atoms with Crippen molar-refractivity contribution < 1.29 is 19.4 Å². The number of carbonyl (C=O) groups excluding carboxylic acids is 1. The molecule has 2 atom stereocenters. The highest BCUT2D eigenvalue weighted by molar-refractivity contribution is 8.01. The number of amides is 1. The molecule has 1 aromatic carbocycles. The van der Waals surface area contributed by atoms with Gasteiger partial charge in [0.1, 0.15) is 0 Å². The molecule has 0 aliphatic carbocycles. The topological polar surface area (TPSA) is 79.7 Å². The number of ether oxygens (including phenoxy) is 1. The molecule has 1 aliphatic rings. The van der Waals surface area contributed by atoms with Gasteiger partial charge < -0.3 is 14.7 Å². The van der Waals surface area contributed by atoms with Crippen LogP contribution >= 0.6 is 23.1 Å². The molecule has 0 radical (unpaired) electrons. The van der Waals surface area contributed by atoms with Gasteiger partial charge in [-0.05, 0) is 12.0 Å². The predicted molar refractivity (Wildman–Crippen MR) is 110 cm³/mol. The van der Waals surface area contributed by atoms with Crippen molar-refractivity contribution >= 4 is 35.0 Å². The smallest absolute Gasteiger partial charge is 0.355 e. The number of carboxylic acid groups (broad SMARTS) is 1. The summed E-state index contributed by atoms with van der Waals surface area (Å²) in [4.78, 5) is 29.1. The van der Waals surface area contributed by atoms with Crippen molar-refractivity contribution in [2.45, 2.75) is 36.1 Å². The van der Waals surface area contributed by atoms with Crippen LogP contribution in [-0.4, -0.2) is 58.4 Å². The van der Waals surface area contributed by atoms with Gasteiger partial charge in [0.25, 0.3) is 0 Å². The second-order valence-electron chi connectivity index (χ2n) is 6.78. The SMILES string of the molecule is CC(COCC1CCC(=O)N1CCSc1nc(C(=O)O)cs1)c1ccccc1. The lowest BCUT2D eigenvalue weighted by atomic mass is 10.0. The second kappa shape index (κ2) is 10.0. The maximum atomic E-state index is 12.2. The van der Waals surface area contributed by atoms with Crippen LogP contribution in [-0.2, 0) is 9.53 Å². The fraction of sp³-hybridized carbons (Fsp3) is 0.450. The number of hydrogen-bond donors (Lipinski definition) is 1. The molecule has 8 heteroatoms. The zero-order chi connectivity index (χ0) is 19.9. The first-order chi connectivity index (χ1) is 13.5. The van der Waals surface area contributed by atoms with E-state index in [1.54, 1.807) is 0 Å². The van der Waals surface area contributed by atoms with Crippen LogP contribution in [0.1, 0.15) is 41.7 Å². The number of thiazole rings is 1. The van der Waals surface area contributed by atoms with Gasteiger partial charge in [-0.25, -0.2) is 9.78 Å². The first-order valence-electron chi connectivity index (χ1n) is 9.28. The molecule has 1 fully saturated rings. The summed E-state index contributed by atoms with van der Waals surface area (Å²) in [7, 11) is 0. The first-order valence-corrected chi connectivity index (χ1v) is 11.1. The summed E-state index contributed by atoms with van der Waals surface area (Å²) in [5, 5.41) is 10.5. The number of benzene rings is 1. The molecule has 1 aromatic heterocycles. The van der Waals surface area contributed by atoms with Gasteiger partial charge in [-0.1, -0.05) is 49.0 Å². The molecule has 2 unspecified atom stereocenters. The number of hydrogen-bond acceptors (Lipinski definition) is 6. The number of carboxylic acids is 1. The molecule has 1 N–H and O–H groups in total. The maximum Gasteiger partial charge on any atom is 0.355 e. The number of aromatic carboxylic acids is 1. The standard InChI is InChI=1S/C20H24N2O4S2/c1-14(15-5-3-2-4-6-15)11-26-12-16-7-8-18(23)22(16)9-10-27-20-21-17(13-28-20)19(24)25/h2-6,13-14,16H,7-12H2,1H3,(H,24,25). The fourth-order valence-corrected chi connectivity index (χ4v) is 4.99. The third-order valence-electron chi connectivity index (χ3n) is 4.76. The van der Waals surface area contributed by atoms with E-state index in [9.17, 15) is 9.59 Å². The summed E-state index contributed by atoms with van der Waals surface area (Å²) in [5.74, 6) is 0.154. The lowest BCUT2D eigenvalue weighted by Crippen LogP contribution is -2.38. The zero-order valence-electron chi connectivity index (χ0n) is 15.7. The molecule has 1 aliphatic heterocycles. The third kappa shape index (κ3) is 5.56. The molecule has 1 amide bonds. The summed E-state index contributed by atoms with van der Waals surface area (Å²) in [6, 6.07) is 10.4. The van der Waals surface area contributed by atoms with Gasteiger partial charge in [-0.3, -0.25) is 4.79 Å². The predicted octanol–water partition coefficient (Wildman–Crippen LogP) is 3.74. The van der Waals surface area contributed by atoms with E-state index >= 15 is 0 Å². The maximum absolute atomic E-state index is 12.2. The monoisotopic (exact) mass is 420 g/mol. The first kappa shape index (κ1) is 20.8. The summed E-state index contributed by atoms with van der Waals surface area (Å²) < 4.78 is 6.65. The highest BCUT2D eigenvalue weighted by Gasteiger charge is 2.30. The number of likely N-dealkylation sites (tertiary alicyclic amines) is 1. The Morgan fingerprint density at radius 3 is 2.93 bits per heavy atom. The molecule has 150 valence electrons. The molecule has 2 aromatic rings. The number of carbonyl (C=O) groups is 2. The van der Waals surface area contributed by atoms with Gasteiger partial charge in [-0.2, -0.15) is 0 Å². The normalized spacial score (nSPS) is 17.8. The van der Waals surface area contributed by atoms with Crippen LogP contribution in [0.4, 0.5) is 0 Å². The molecule has 0 saturated carbocycles. The molecule has 0 bridgehead atoms. The van der Waals surface area contributed by atoms with Gasteiger partial charge in [0, 0.05) is 30.0 Å². The van der Waals surface area contributed by atoms with Gasteiger partial charge >= 0.3 is 5.97 Å². The Bertz CT molecular complexity index is 797. The average molecular weight is 421 g/mol. The van der Waals surface area contributed by atoms with Crippen molar-refractivity contribution in [3.63, 3.8) is 0 Å². The third-order valence-corrected chi connectivity index (χ3v) is 6.76. The molecule has 6 nitrogen and oxygen atoms in total. The van der Waals surface area contributed by atoms with Crippen LogP contribution in [0.15, 0.2) is 40.1 Å². The van der Waals surface area contributed by atoms with Gasteiger partial charge in [-0.15, -0.1) is 11.3 Å². The number of nitrogens with zero attached hydrogens (tertiary/aromatic N) is 2. The molecule has 2 heterocycles. The highest BCUT2D eigenvalue weighted by Crippen LogP contribution is 2.25. The van der Waals surface area contributed by atoms with E-state index in [2.05, 4.69) is 24.0 Å². The minimum atomic E-state index is -1.01. The van der Waals surface area contributed by atoms with E-state index in [0.29, 0.717) is 42.2 Å². The van der Waals surface area contributed by atoms with Crippen molar-refractivity contribution in [2.24, 2.45) is 0 Å². The Balaban J connectivity index is 1.43. The Kier molecular flexibility index (Phi) is 7.47. The van der Waals surface area contributed by atoms with Crippen LogP contribution < -0.4 is 0 Å². The fourth-order valence-electron chi connectivity index (χ4n) is 3.19. The van der Waals surface area contributed by atoms with Crippen LogP contribution in [0.25, 0.3) is 0 Å². The van der Waals surface area contributed by atoms with Crippen LogP contribution in [0.3, 0.4) is 0 Å². The quantitative estimate of drug-likeness (QED) is 0.590. The van der Waals surface area contributed by atoms with Crippen molar-refractivity contribution in [3.8, 4) is 0 Å². The van der Waals surface area contributed by atoms with Crippen LogP contribution in [0.2, 0.25) is 0 Å². The lowest BCUT2D eigenvalue weighted by molar-refractivity contribution is -0.129. The van der Waals surface area contributed by atoms with E-state index in [1.165, 1.54) is 34.0 Å². The molecule has 0 spiro atoms. The minimum Gasteiger partial charge on any atom is -0.476 e. The van der Waals surface area contributed by atoms with Crippen molar-refractivity contribution in [1.29, 1.82) is 0 Å². The average Bonchev–Trinajstić information content (AvgIpc) is 3.30. The van der Waals surface area contributed by atoms with Gasteiger partial charge in [0.15, 0.2) is 10.0 Å². The Morgan fingerprint density at radius 1 is 1.43 bits per heavy atom. The number of aromatic nitrogens is 1. The summed E-state index contributed by atoms with van der Waals surface area (Å²) in [5.41, 5.74) is 1.32. The number of thioether (sulfide) groups is 1. The van der Waals surface area contributed by atoms with E-state index < -0.39 is 5.97 Å². The lowest BCUT2D eigenvalue weighted by Gasteiger charge is -2.25. The summed E-state index contributed by atoms with van der Waals surface area (Å²) in [6.07, 6.45) is 1.39. The zero-order valence-corrected chi connectivity index (χ0v) is 17.4. The molecule has 3 rings (SSSR count). The summed E-state index contributed by atoms with van der Waals surface area (Å²) in [6.45, 7) is 3.94. The molecular weight excluding hydrogens is 396 g/mol. The van der Waals surface area contributed by atoms with Gasteiger partial charge in [0.05, 0.1) is 19.3 Å². The number of rotatable bonds is 10. The Labute approximate surface area is 172 Å². The van der Waals surface area contributed by atoms with E-state index in [0.717, 1.165) is 6.42 Å². The van der Waals surface area contributed by atoms with Crippen molar-refractivity contribution in [1.82, 2.24) is 9.88 Å². The molecule has 28 heavy (non-hydrogen) atoms. The van der Waals surface area contributed by atoms with Crippen molar-refractivity contribution in [2.75, 3.05) is 25.5 Å². The van der Waals surface area contributed by atoms with E-state index in [4.69, 9.17) is 9.84 Å². The summed E-state index contributed by atoms with van der Waals surface area (Å²) >= 11 is 2.80. The van der Waals surface area contributed by atoms with E-state index in [-0.39, 0.29) is 17.6 Å².